The van der Waals surface area contributed by atoms with Crippen LogP contribution in [0.25, 0.3) is 0 Å². The van der Waals surface area contributed by atoms with Gasteiger partial charge in [-0.15, -0.1) is 0 Å². The summed E-state index contributed by atoms with van der Waals surface area (Å²) < 4.78 is 55.6. The van der Waals surface area contributed by atoms with Gasteiger partial charge in [0.2, 0.25) is 5.75 Å². The lowest BCUT2D eigenvalue weighted by Gasteiger charge is -2.39. The molecule has 9 heteroatoms. The van der Waals surface area contributed by atoms with E-state index in [0.29, 0.717) is 17.0 Å². The molecule has 0 fully saturated rings. The summed E-state index contributed by atoms with van der Waals surface area (Å²) >= 11 is 0. The van der Waals surface area contributed by atoms with Gasteiger partial charge in [-0.25, -0.2) is 0 Å². The molecule has 0 aliphatic carbocycles. The zero-order valence-electron chi connectivity index (χ0n) is 15.5. The molecule has 0 saturated carbocycles. The summed E-state index contributed by atoms with van der Waals surface area (Å²) in [7, 11) is 4.20. The molecule has 2 aromatic rings. The van der Waals surface area contributed by atoms with Crippen LogP contribution in [0, 0.1) is 0 Å². The number of para-hydroxylation sites is 1. The zero-order valence-corrected chi connectivity index (χ0v) is 15.5. The molecule has 0 aromatic heterocycles. The molecule has 1 atom stereocenters. The van der Waals surface area contributed by atoms with Crippen molar-refractivity contribution in [2.45, 2.75) is 12.3 Å². The number of hydrogen-bond donors (Lipinski definition) is 1. The number of amides is 1. The minimum Gasteiger partial charge on any atom is -0.493 e. The van der Waals surface area contributed by atoms with E-state index in [0.717, 1.165) is 4.90 Å². The van der Waals surface area contributed by atoms with Crippen LogP contribution >= 0.6 is 0 Å². The maximum Gasteiger partial charge on any atom is 0.406 e. The highest BCUT2D eigenvalue weighted by molar-refractivity contribution is 6.01. The molecule has 1 aliphatic heterocycles. The van der Waals surface area contributed by atoms with Gasteiger partial charge >= 0.3 is 6.18 Å². The van der Waals surface area contributed by atoms with E-state index < -0.39 is 24.8 Å². The van der Waals surface area contributed by atoms with Gasteiger partial charge in [0.1, 0.15) is 12.7 Å². The number of carbonyl (C=O) groups is 1. The van der Waals surface area contributed by atoms with E-state index in [4.69, 9.17) is 14.2 Å². The molecule has 28 heavy (non-hydrogen) atoms. The molecule has 2 aromatic carbocycles. The monoisotopic (exact) mass is 396 g/mol. The van der Waals surface area contributed by atoms with Gasteiger partial charge in [0.25, 0.3) is 5.91 Å². The molecule has 0 spiro atoms. The molecule has 6 nitrogen and oxygen atoms in total. The average Bonchev–Trinajstić information content (AvgIpc) is 2.67. The van der Waals surface area contributed by atoms with Gasteiger partial charge < -0.3 is 24.4 Å². The van der Waals surface area contributed by atoms with Crippen molar-refractivity contribution in [1.29, 1.82) is 0 Å². The molecule has 150 valence electrons. The first-order valence-electron chi connectivity index (χ1n) is 8.33. The standard InChI is InChI=1S/C19H19F3N2O4/c1-26-14-9-8-12(15(27-2)16(14)28-3)17-23-13-7-5-4-6-11(13)18(25)24(17)10-19(20,21)22/h4-9,17,23H,10H2,1-3H3. The normalized spacial score (nSPS) is 16.3. The molecular formula is C19H19F3N2O4. The van der Waals surface area contributed by atoms with Crippen LogP contribution in [0.5, 0.6) is 17.2 Å². The molecule has 1 aliphatic rings. The van der Waals surface area contributed by atoms with Gasteiger partial charge in [-0.05, 0) is 24.3 Å². The van der Waals surface area contributed by atoms with Gasteiger partial charge in [0.15, 0.2) is 11.5 Å². The highest BCUT2D eigenvalue weighted by Gasteiger charge is 2.42. The van der Waals surface area contributed by atoms with Gasteiger partial charge in [0, 0.05) is 11.3 Å². The minimum absolute atomic E-state index is 0.169. The van der Waals surface area contributed by atoms with Gasteiger partial charge in [-0.1, -0.05) is 12.1 Å². The Kier molecular flexibility index (Phi) is 5.26. The number of nitrogens with zero attached hydrogens (tertiary/aromatic N) is 1. The first kappa shape index (κ1) is 19.7. The van der Waals surface area contributed by atoms with Crippen molar-refractivity contribution in [2.75, 3.05) is 33.2 Å². The number of halogens is 3. The number of rotatable bonds is 5. The van der Waals surface area contributed by atoms with Crippen LogP contribution in [0.2, 0.25) is 0 Å². The second-order valence-electron chi connectivity index (χ2n) is 6.06. The zero-order chi connectivity index (χ0) is 20.5. The lowest BCUT2D eigenvalue weighted by atomic mass is 10.0. The third-order valence-corrected chi connectivity index (χ3v) is 4.40. The Bertz CT molecular complexity index is 886. The van der Waals surface area contributed by atoms with E-state index in [2.05, 4.69) is 5.32 Å². The van der Waals surface area contributed by atoms with Crippen LogP contribution in [0.15, 0.2) is 36.4 Å². The number of ether oxygens (including phenoxy) is 3. The largest absolute Gasteiger partial charge is 0.493 e. The van der Waals surface area contributed by atoms with Crippen molar-refractivity contribution in [3.05, 3.63) is 47.5 Å². The van der Waals surface area contributed by atoms with E-state index in [1.54, 1.807) is 30.3 Å². The molecular weight excluding hydrogens is 377 g/mol. The molecule has 1 unspecified atom stereocenters. The van der Waals surface area contributed by atoms with E-state index >= 15 is 0 Å². The Morgan fingerprint density at radius 2 is 1.68 bits per heavy atom. The van der Waals surface area contributed by atoms with E-state index in [1.807, 2.05) is 0 Å². The molecule has 1 heterocycles. The maximum atomic E-state index is 13.2. The smallest absolute Gasteiger partial charge is 0.406 e. The van der Waals surface area contributed by atoms with Crippen molar-refractivity contribution in [1.82, 2.24) is 4.90 Å². The summed E-state index contributed by atoms with van der Waals surface area (Å²) in [6.45, 7) is -1.42. The Morgan fingerprint density at radius 3 is 2.29 bits per heavy atom. The fraction of sp³-hybridized carbons (Fsp3) is 0.316. The first-order valence-corrected chi connectivity index (χ1v) is 8.33. The number of nitrogens with one attached hydrogen (secondary N) is 1. The van der Waals surface area contributed by atoms with Crippen molar-refractivity contribution in [3.8, 4) is 17.2 Å². The van der Waals surface area contributed by atoms with Crippen LogP contribution in [-0.2, 0) is 0 Å². The molecule has 0 radical (unpaired) electrons. The second kappa shape index (κ2) is 7.49. The number of anilines is 1. The quantitative estimate of drug-likeness (QED) is 0.832. The number of carbonyl (C=O) groups excluding carboxylic acids is 1. The summed E-state index contributed by atoms with van der Waals surface area (Å²) in [5.74, 6) is 0.0304. The van der Waals surface area contributed by atoms with Gasteiger partial charge in [0.05, 0.1) is 26.9 Å². The topological polar surface area (TPSA) is 60.0 Å². The van der Waals surface area contributed by atoms with Crippen LogP contribution in [0.4, 0.5) is 18.9 Å². The summed E-state index contributed by atoms with van der Waals surface area (Å²) in [6, 6.07) is 9.51. The highest BCUT2D eigenvalue weighted by Crippen LogP contribution is 2.45. The Balaban J connectivity index is 2.16. The lowest BCUT2D eigenvalue weighted by Crippen LogP contribution is -2.47. The number of fused-ring (bicyclic) bond motifs is 1. The van der Waals surface area contributed by atoms with E-state index in [-0.39, 0.29) is 17.1 Å². The van der Waals surface area contributed by atoms with Crippen molar-refractivity contribution in [2.24, 2.45) is 0 Å². The van der Waals surface area contributed by atoms with Crippen LogP contribution in [0.3, 0.4) is 0 Å². The first-order chi connectivity index (χ1) is 13.3. The SMILES string of the molecule is COc1ccc(C2Nc3ccccc3C(=O)N2CC(F)(F)F)c(OC)c1OC. The maximum absolute atomic E-state index is 13.2. The Hall–Kier alpha value is -3.10. The highest BCUT2D eigenvalue weighted by atomic mass is 19.4. The number of benzene rings is 2. The minimum atomic E-state index is -4.58. The molecule has 1 N–H and O–H groups in total. The number of methoxy groups -OCH3 is 3. The van der Waals surface area contributed by atoms with E-state index in [1.165, 1.54) is 27.4 Å². The summed E-state index contributed by atoms with van der Waals surface area (Å²) in [6.07, 6.45) is -5.69. The lowest BCUT2D eigenvalue weighted by molar-refractivity contribution is -0.144. The third-order valence-electron chi connectivity index (χ3n) is 4.40. The van der Waals surface area contributed by atoms with Crippen molar-refractivity contribution >= 4 is 11.6 Å². The van der Waals surface area contributed by atoms with Crippen molar-refractivity contribution in [3.63, 3.8) is 0 Å². The number of hydrogen-bond acceptors (Lipinski definition) is 5. The average molecular weight is 396 g/mol. The Labute approximate surface area is 159 Å². The second-order valence-corrected chi connectivity index (χ2v) is 6.06. The molecule has 0 bridgehead atoms. The van der Waals surface area contributed by atoms with Crippen LogP contribution in [0.1, 0.15) is 22.1 Å². The van der Waals surface area contributed by atoms with Crippen molar-refractivity contribution < 1.29 is 32.2 Å². The van der Waals surface area contributed by atoms with Gasteiger partial charge in [-0.2, -0.15) is 13.2 Å². The van der Waals surface area contributed by atoms with Gasteiger partial charge in [-0.3, -0.25) is 4.79 Å². The van der Waals surface area contributed by atoms with Crippen LogP contribution in [-0.4, -0.2) is 44.9 Å². The fourth-order valence-electron chi connectivity index (χ4n) is 3.23. The van der Waals surface area contributed by atoms with Crippen LogP contribution < -0.4 is 19.5 Å². The summed E-state index contributed by atoms with van der Waals surface area (Å²) in [5, 5.41) is 3.01. The van der Waals surface area contributed by atoms with E-state index in [9.17, 15) is 18.0 Å². The Morgan fingerprint density at radius 1 is 1.00 bits per heavy atom. The summed E-state index contributed by atoms with van der Waals surface area (Å²) in [4.78, 5) is 13.6. The predicted molar refractivity (Wildman–Crippen MR) is 96.0 cm³/mol. The molecule has 1 amide bonds. The third kappa shape index (κ3) is 3.51. The molecule has 0 saturated heterocycles. The molecule has 3 rings (SSSR count). The fourth-order valence-corrected chi connectivity index (χ4v) is 3.23. The summed E-state index contributed by atoms with van der Waals surface area (Å²) in [5.41, 5.74) is 0.919. The number of alkyl halides is 3. The predicted octanol–water partition coefficient (Wildman–Crippen LogP) is 3.84.